The van der Waals surface area contributed by atoms with Gasteiger partial charge in [0.15, 0.2) is 0 Å². The summed E-state index contributed by atoms with van der Waals surface area (Å²) in [4.78, 5) is 30.3. The topological polar surface area (TPSA) is 74.4 Å². The Bertz CT molecular complexity index is 1020. The third-order valence-electron chi connectivity index (χ3n) is 4.94. The summed E-state index contributed by atoms with van der Waals surface area (Å²) in [7, 11) is 1.55. The number of benzene rings is 2. The molecule has 2 amide bonds. The van der Waals surface area contributed by atoms with E-state index >= 15 is 0 Å². The number of carbonyl (C=O) groups excluding carboxylic acids is 2. The van der Waals surface area contributed by atoms with Crippen molar-refractivity contribution in [3.05, 3.63) is 59.3 Å². The summed E-state index contributed by atoms with van der Waals surface area (Å²) in [6.45, 7) is 6.30. The van der Waals surface area contributed by atoms with Gasteiger partial charge in [0.25, 0.3) is 5.91 Å². The molecular weight excluding hydrogens is 354 g/mol. The predicted octanol–water partition coefficient (Wildman–Crippen LogP) is 3.89. The van der Waals surface area contributed by atoms with E-state index in [1.165, 1.54) is 4.90 Å². The average molecular weight is 379 g/mol. The summed E-state index contributed by atoms with van der Waals surface area (Å²) >= 11 is 0. The highest BCUT2D eigenvalue weighted by atomic mass is 16.5. The lowest BCUT2D eigenvalue weighted by Gasteiger charge is -2.21. The molecule has 0 aliphatic heterocycles. The fraction of sp³-hybridized carbons (Fsp3) is 0.273. The molecule has 0 atom stereocenters. The van der Waals surface area contributed by atoms with Gasteiger partial charge in [-0.25, -0.2) is 0 Å². The summed E-state index contributed by atoms with van der Waals surface area (Å²) in [6, 6.07) is 12.8. The molecule has 3 rings (SSSR count). The maximum Gasteiger partial charge on any atom is 0.254 e. The molecule has 6 nitrogen and oxygen atoms in total. The number of fused-ring (bicyclic) bond motifs is 1. The fourth-order valence-electron chi connectivity index (χ4n) is 3.22. The van der Waals surface area contributed by atoms with Crippen LogP contribution in [0.5, 0.6) is 5.75 Å². The maximum absolute atomic E-state index is 13.0. The number of anilines is 1. The molecule has 2 N–H and O–H groups in total. The zero-order valence-corrected chi connectivity index (χ0v) is 16.6. The summed E-state index contributed by atoms with van der Waals surface area (Å²) < 4.78 is 5.25. The molecular formula is C22H25N3O3. The zero-order chi connectivity index (χ0) is 20.3. The second-order valence-corrected chi connectivity index (χ2v) is 6.70. The number of aromatic nitrogens is 1. The van der Waals surface area contributed by atoms with Crippen LogP contribution in [0.3, 0.4) is 0 Å². The quantitative estimate of drug-likeness (QED) is 0.682. The van der Waals surface area contributed by atoms with Gasteiger partial charge >= 0.3 is 0 Å². The number of methoxy groups -OCH3 is 1. The van der Waals surface area contributed by atoms with E-state index in [0.29, 0.717) is 23.5 Å². The van der Waals surface area contributed by atoms with E-state index in [1.807, 2.05) is 45.0 Å². The first-order valence-corrected chi connectivity index (χ1v) is 9.25. The van der Waals surface area contributed by atoms with Gasteiger partial charge in [-0.15, -0.1) is 0 Å². The van der Waals surface area contributed by atoms with E-state index in [1.54, 1.807) is 25.3 Å². The third kappa shape index (κ3) is 3.86. The standard InChI is InChI=1S/C22H25N3O3/c1-5-25(13-21(26)24-19-8-6-7-9-20(19)28-4)22(27)16-10-11-18-17(12-16)14(2)15(3)23-18/h6-12,23H,5,13H2,1-4H3,(H,24,26). The second-order valence-electron chi connectivity index (χ2n) is 6.70. The molecule has 0 aliphatic rings. The van der Waals surface area contributed by atoms with Crippen molar-refractivity contribution in [3.63, 3.8) is 0 Å². The Labute approximate surface area is 164 Å². The molecule has 28 heavy (non-hydrogen) atoms. The number of aryl methyl sites for hydroxylation is 2. The number of hydrogen-bond acceptors (Lipinski definition) is 3. The largest absolute Gasteiger partial charge is 0.495 e. The van der Waals surface area contributed by atoms with Gasteiger partial charge < -0.3 is 19.9 Å². The Morgan fingerprint density at radius 3 is 2.61 bits per heavy atom. The van der Waals surface area contributed by atoms with Crippen LogP contribution in [-0.2, 0) is 4.79 Å². The van der Waals surface area contributed by atoms with Gasteiger partial charge in [0.05, 0.1) is 12.8 Å². The smallest absolute Gasteiger partial charge is 0.254 e. The molecule has 0 saturated carbocycles. The van der Waals surface area contributed by atoms with Crippen LogP contribution in [0, 0.1) is 13.8 Å². The lowest BCUT2D eigenvalue weighted by atomic mass is 10.1. The molecule has 0 aliphatic carbocycles. The Morgan fingerprint density at radius 1 is 1.14 bits per heavy atom. The van der Waals surface area contributed by atoms with E-state index in [0.717, 1.165) is 22.2 Å². The molecule has 0 unspecified atom stereocenters. The minimum Gasteiger partial charge on any atom is -0.495 e. The Morgan fingerprint density at radius 2 is 1.89 bits per heavy atom. The molecule has 0 bridgehead atoms. The van der Waals surface area contributed by atoms with Crippen molar-refractivity contribution < 1.29 is 14.3 Å². The Kier molecular flexibility index (Phi) is 5.68. The summed E-state index contributed by atoms with van der Waals surface area (Å²) in [5.41, 5.74) is 4.37. The van der Waals surface area contributed by atoms with Gasteiger partial charge in [0.2, 0.25) is 5.91 Å². The summed E-state index contributed by atoms with van der Waals surface area (Å²) in [6.07, 6.45) is 0. The van der Waals surface area contributed by atoms with Crippen molar-refractivity contribution in [2.75, 3.05) is 25.5 Å². The Balaban J connectivity index is 1.76. The lowest BCUT2D eigenvalue weighted by molar-refractivity contribution is -0.116. The van der Waals surface area contributed by atoms with Gasteiger partial charge in [-0.3, -0.25) is 9.59 Å². The lowest BCUT2D eigenvalue weighted by Crippen LogP contribution is -2.37. The van der Waals surface area contributed by atoms with Crippen molar-refractivity contribution in [2.45, 2.75) is 20.8 Å². The molecule has 6 heteroatoms. The first-order valence-electron chi connectivity index (χ1n) is 9.25. The number of rotatable bonds is 6. The number of likely N-dealkylation sites (N-methyl/N-ethyl adjacent to an activating group) is 1. The number of para-hydroxylation sites is 2. The molecule has 2 aromatic carbocycles. The zero-order valence-electron chi connectivity index (χ0n) is 16.6. The number of ether oxygens (including phenoxy) is 1. The highest BCUT2D eigenvalue weighted by Crippen LogP contribution is 2.24. The highest BCUT2D eigenvalue weighted by molar-refractivity contribution is 6.02. The van der Waals surface area contributed by atoms with Crippen LogP contribution in [-0.4, -0.2) is 41.9 Å². The summed E-state index contributed by atoms with van der Waals surface area (Å²) in [5, 5.41) is 3.84. The first-order chi connectivity index (χ1) is 13.4. The minimum absolute atomic E-state index is 0.0312. The molecule has 146 valence electrons. The number of carbonyl (C=O) groups is 2. The van der Waals surface area contributed by atoms with E-state index in [4.69, 9.17) is 4.74 Å². The minimum atomic E-state index is -0.269. The monoisotopic (exact) mass is 379 g/mol. The Hall–Kier alpha value is -3.28. The van der Waals surface area contributed by atoms with Crippen LogP contribution < -0.4 is 10.1 Å². The van der Waals surface area contributed by atoms with Crippen molar-refractivity contribution in [1.82, 2.24) is 9.88 Å². The van der Waals surface area contributed by atoms with Crippen LogP contribution in [0.2, 0.25) is 0 Å². The maximum atomic E-state index is 13.0. The number of amides is 2. The molecule has 0 radical (unpaired) electrons. The van der Waals surface area contributed by atoms with E-state index < -0.39 is 0 Å². The predicted molar refractivity (Wildman–Crippen MR) is 111 cm³/mol. The highest BCUT2D eigenvalue weighted by Gasteiger charge is 2.19. The number of nitrogens with one attached hydrogen (secondary N) is 2. The third-order valence-corrected chi connectivity index (χ3v) is 4.94. The number of hydrogen-bond donors (Lipinski definition) is 2. The second kappa shape index (κ2) is 8.17. The van der Waals surface area contributed by atoms with Crippen LogP contribution in [0.4, 0.5) is 5.69 Å². The molecule has 0 spiro atoms. The number of H-pyrrole nitrogens is 1. The van der Waals surface area contributed by atoms with Crippen molar-refractivity contribution in [2.24, 2.45) is 0 Å². The average Bonchev–Trinajstić information content (AvgIpc) is 2.99. The molecule has 0 saturated heterocycles. The van der Waals surface area contributed by atoms with E-state index in [-0.39, 0.29) is 18.4 Å². The number of nitrogens with zero attached hydrogens (tertiary/aromatic N) is 1. The SMILES string of the molecule is CCN(CC(=O)Nc1ccccc1OC)C(=O)c1ccc2[nH]c(C)c(C)c2c1. The first kappa shape index (κ1) is 19.5. The van der Waals surface area contributed by atoms with Crippen molar-refractivity contribution in [1.29, 1.82) is 0 Å². The fourth-order valence-corrected chi connectivity index (χ4v) is 3.22. The van der Waals surface area contributed by atoms with Gasteiger partial charge in [0.1, 0.15) is 12.3 Å². The van der Waals surface area contributed by atoms with Crippen LogP contribution in [0.15, 0.2) is 42.5 Å². The molecule has 3 aromatic rings. The van der Waals surface area contributed by atoms with Crippen LogP contribution in [0.25, 0.3) is 10.9 Å². The van der Waals surface area contributed by atoms with Crippen LogP contribution in [0.1, 0.15) is 28.5 Å². The van der Waals surface area contributed by atoms with Crippen LogP contribution >= 0.6 is 0 Å². The molecule has 0 fully saturated rings. The van der Waals surface area contributed by atoms with Crippen molar-refractivity contribution >= 4 is 28.4 Å². The van der Waals surface area contributed by atoms with Gasteiger partial charge in [0, 0.05) is 28.7 Å². The van der Waals surface area contributed by atoms with E-state index in [2.05, 4.69) is 10.3 Å². The van der Waals surface area contributed by atoms with Gasteiger partial charge in [-0.05, 0) is 56.7 Å². The molecule has 1 aromatic heterocycles. The normalized spacial score (nSPS) is 10.7. The van der Waals surface area contributed by atoms with E-state index in [9.17, 15) is 9.59 Å². The number of aromatic amines is 1. The van der Waals surface area contributed by atoms with Crippen molar-refractivity contribution in [3.8, 4) is 5.75 Å². The summed E-state index contributed by atoms with van der Waals surface area (Å²) in [5.74, 6) is 0.140. The molecule has 1 heterocycles. The van der Waals surface area contributed by atoms with Gasteiger partial charge in [-0.1, -0.05) is 12.1 Å². The van der Waals surface area contributed by atoms with Gasteiger partial charge in [-0.2, -0.15) is 0 Å².